The van der Waals surface area contributed by atoms with Crippen molar-refractivity contribution in [3.8, 4) is 0 Å². The molecule has 3 N–H and O–H groups in total. The van der Waals surface area contributed by atoms with E-state index in [4.69, 9.17) is 4.55 Å². The van der Waals surface area contributed by atoms with Gasteiger partial charge in [-0.25, -0.2) is 0 Å². The van der Waals surface area contributed by atoms with Gasteiger partial charge in [-0.05, 0) is 6.42 Å². The Kier molecular flexibility index (Phi) is 15.4. The Morgan fingerprint density at radius 2 is 1.75 bits per heavy atom. The third kappa shape index (κ3) is 17.1. The molecular formula is C6H17NaO4S. The fraction of sp³-hybridized carbons (Fsp3) is 1.00. The Morgan fingerprint density at radius 3 is 2.08 bits per heavy atom. The molecule has 0 fully saturated rings. The zero-order valence-electron chi connectivity index (χ0n) is 8.71. The van der Waals surface area contributed by atoms with Crippen molar-refractivity contribution in [1.82, 2.24) is 0 Å². The zero-order chi connectivity index (χ0) is 8.04. The van der Waals surface area contributed by atoms with Crippen molar-refractivity contribution in [2.75, 3.05) is 5.75 Å². The molecule has 12 heavy (non-hydrogen) atoms. The molecule has 0 aliphatic heterocycles. The van der Waals surface area contributed by atoms with E-state index in [-0.39, 0.29) is 42.2 Å². The Bertz CT molecular complexity index is 171. The quantitative estimate of drug-likeness (QED) is 0.314. The smallest absolute Gasteiger partial charge is 1.00 e. The van der Waals surface area contributed by atoms with Crippen LogP contribution in [0.3, 0.4) is 0 Å². The van der Waals surface area contributed by atoms with Crippen molar-refractivity contribution < 1.29 is 49.4 Å². The predicted octanol–water partition coefficient (Wildman–Crippen LogP) is -2.25. The maximum absolute atomic E-state index is 10.1. The summed E-state index contributed by atoms with van der Waals surface area (Å²) < 4.78 is 28.6. The van der Waals surface area contributed by atoms with E-state index >= 15 is 0 Å². The van der Waals surface area contributed by atoms with Crippen molar-refractivity contribution >= 4 is 10.1 Å². The van der Waals surface area contributed by atoms with Gasteiger partial charge in [-0.2, -0.15) is 8.42 Å². The maximum Gasteiger partial charge on any atom is 1.00 e. The summed E-state index contributed by atoms with van der Waals surface area (Å²) in [5.41, 5.74) is 0. The van der Waals surface area contributed by atoms with E-state index < -0.39 is 10.1 Å². The summed E-state index contributed by atoms with van der Waals surface area (Å²) in [6.07, 6.45) is 3.57. The van der Waals surface area contributed by atoms with Crippen LogP contribution in [0.15, 0.2) is 0 Å². The van der Waals surface area contributed by atoms with Crippen molar-refractivity contribution in [3.05, 3.63) is 0 Å². The van der Waals surface area contributed by atoms with Gasteiger partial charge < -0.3 is 6.90 Å². The first-order valence-electron chi connectivity index (χ1n) is 3.51. The topological polar surface area (TPSA) is 85.9 Å². The third-order valence-corrected chi connectivity index (χ3v) is 2.06. The first-order chi connectivity index (χ1) is 4.56. The molecule has 72 valence electrons. The van der Waals surface area contributed by atoms with Crippen molar-refractivity contribution in [3.63, 3.8) is 0 Å². The van der Waals surface area contributed by atoms with Crippen molar-refractivity contribution in [2.24, 2.45) is 0 Å². The van der Waals surface area contributed by atoms with E-state index in [2.05, 4.69) is 0 Å². The average molecular weight is 208 g/mol. The maximum atomic E-state index is 10.1. The van der Waals surface area contributed by atoms with E-state index in [0.717, 1.165) is 19.3 Å². The summed E-state index contributed by atoms with van der Waals surface area (Å²) in [6, 6.07) is 0. The molecule has 0 heterocycles. The van der Waals surface area contributed by atoms with Crippen LogP contribution in [0.2, 0.25) is 0 Å². The molecule has 0 rings (SSSR count). The Balaban J connectivity index is -0.000000135. The van der Waals surface area contributed by atoms with E-state index in [0.29, 0.717) is 6.42 Å². The summed E-state index contributed by atoms with van der Waals surface area (Å²) in [6.45, 7) is 2.05. The molecule has 4 nitrogen and oxygen atoms in total. The summed E-state index contributed by atoms with van der Waals surface area (Å²) in [4.78, 5) is 0. The van der Waals surface area contributed by atoms with Crippen LogP contribution in [0.1, 0.15) is 34.0 Å². The van der Waals surface area contributed by atoms with E-state index in [1.165, 1.54) is 0 Å². The van der Waals surface area contributed by atoms with Gasteiger partial charge in [0.2, 0.25) is 0 Å². The van der Waals surface area contributed by atoms with Gasteiger partial charge in [-0.15, -0.1) is 0 Å². The largest absolute Gasteiger partial charge is 1.00 e. The number of hydrogen-bond donors (Lipinski definition) is 1. The predicted molar refractivity (Wildman–Crippen MR) is 45.3 cm³/mol. The Morgan fingerprint density at radius 1 is 1.25 bits per heavy atom. The number of unbranched alkanes of at least 4 members (excludes halogenated alkanes) is 3. The monoisotopic (exact) mass is 208 g/mol. The fourth-order valence-corrected chi connectivity index (χ4v) is 1.28. The summed E-state index contributed by atoms with van der Waals surface area (Å²) in [5, 5.41) is 0. The van der Waals surface area contributed by atoms with Gasteiger partial charge in [0, 0.05) is 0 Å². The fourth-order valence-electron chi connectivity index (χ4n) is 0.711. The van der Waals surface area contributed by atoms with Gasteiger partial charge in [0.05, 0.1) is 5.75 Å². The number of rotatable bonds is 5. The zero-order valence-corrected chi connectivity index (χ0v) is 10.5. The van der Waals surface area contributed by atoms with Crippen LogP contribution in [-0.2, 0) is 10.1 Å². The molecule has 0 aromatic heterocycles. The van der Waals surface area contributed by atoms with Crippen LogP contribution < -0.4 is 29.6 Å². The van der Waals surface area contributed by atoms with Crippen LogP contribution in [-0.4, -0.2) is 24.2 Å². The second-order valence-corrected chi connectivity index (χ2v) is 3.92. The minimum Gasteiger partial charge on any atom is -1.00 e. The molecule has 0 unspecified atom stereocenters. The van der Waals surface area contributed by atoms with Crippen LogP contribution in [0.5, 0.6) is 0 Å². The second kappa shape index (κ2) is 9.95. The molecule has 0 saturated carbocycles. The van der Waals surface area contributed by atoms with Gasteiger partial charge in [-0.3, -0.25) is 4.55 Å². The van der Waals surface area contributed by atoms with E-state index in [1.54, 1.807) is 0 Å². The summed E-state index contributed by atoms with van der Waals surface area (Å²) >= 11 is 0. The molecule has 0 atom stereocenters. The molecule has 0 spiro atoms. The molecule has 0 aromatic carbocycles. The summed E-state index contributed by atoms with van der Waals surface area (Å²) in [7, 11) is -3.70. The molecule has 0 aliphatic rings. The standard InChI is InChI=1S/C6H14O3S.Na.H2O.H/c1-2-3-4-5-6-10(7,8)9;;;/h2-6H2,1H3,(H,7,8,9);;1H2;/q;+1;;-1. The minimum absolute atomic E-state index is 0. The van der Waals surface area contributed by atoms with Crippen LogP contribution in [0.4, 0.5) is 0 Å². The normalized spacial score (nSPS) is 9.83. The number of hydrogen-bond acceptors (Lipinski definition) is 2. The molecule has 6 heteroatoms. The van der Waals surface area contributed by atoms with E-state index in [1.807, 2.05) is 6.92 Å². The van der Waals surface area contributed by atoms with E-state index in [9.17, 15) is 8.42 Å². The molecule has 0 radical (unpaired) electrons. The Hall–Kier alpha value is 0.870. The van der Waals surface area contributed by atoms with Gasteiger partial charge in [0.1, 0.15) is 0 Å². The first-order valence-corrected chi connectivity index (χ1v) is 5.12. The minimum atomic E-state index is -3.70. The molecule has 0 aliphatic carbocycles. The SMILES string of the molecule is CCCCCCS(=O)(=O)O.O.[H-].[Na+]. The van der Waals surface area contributed by atoms with Crippen molar-refractivity contribution in [1.29, 1.82) is 0 Å². The van der Waals surface area contributed by atoms with Gasteiger partial charge in [0.15, 0.2) is 0 Å². The second-order valence-electron chi connectivity index (χ2n) is 2.35. The first kappa shape index (κ1) is 18.6. The third-order valence-electron chi connectivity index (χ3n) is 1.26. The molecule has 0 amide bonds. The van der Waals surface area contributed by atoms with Crippen LogP contribution >= 0.6 is 0 Å². The average Bonchev–Trinajstić information content (AvgIpc) is 1.78. The van der Waals surface area contributed by atoms with Crippen molar-refractivity contribution in [2.45, 2.75) is 32.6 Å². The van der Waals surface area contributed by atoms with Gasteiger partial charge >= 0.3 is 29.6 Å². The molecule has 0 saturated heterocycles. The molecular weight excluding hydrogens is 191 g/mol. The van der Waals surface area contributed by atoms with Gasteiger partial charge in [-0.1, -0.05) is 26.2 Å². The molecule has 0 aromatic rings. The van der Waals surface area contributed by atoms with Gasteiger partial charge in [0.25, 0.3) is 10.1 Å². The Labute approximate surface area is 97.6 Å². The van der Waals surface area contributed by atoms with Crippen LogP contribution in [0, 0.1) is 0 Å². The van der Waals surface area contributed by atoms with Crippen LogP contribution in [0.25, 0.3) is 0 Å². The summed E-state index contributed by atoms with van der Waals surface area (Å²) in [5.74, 6) is -0.0903. The molecule has 0 bridgehead atoms.